The number of rotatable bonds is 56. The summed E-state index contributed by atoms with van der Waals surface area (Å²) in [6.45, 7) is 6.50. The summed E-state index contributed by atoms with van der Waals surface area (Å²) >= 11 is 0. The zero-order chi connectivity index (χ0) is 53.6. The summed E-state index contributed by atoms with van der Waals surface area (Å²) in [5.74, 6) is -0.893. The van der Waals surface area contributed by atoms with E-state index in [4.69, 9.17) is 14.2 Å². The molecule has 0 aliphatic heterocycles. The molecule has 0 heterocycles. The zero-order valence-corrected chi connectivity index (χ0v) is 48.6. The standard InChI is InChI=1S/C68H116O6/c1-4-7-10-13-16-19-22-25-27-29-31-32-33-34-35-36-38-39-41-43-46-49-52-55-58-61-67(70)73-64-65(63-72-66(69)60-57-54-51-48-45-24-21-18-15-12-9-6-3)74-68(71)62-59-56-53-50-47-44-42-40-37-30-28-26-23-20-17-14-11-8-5-2/h7,10,16-17,19-20,25-28,31-32,34-35,37,40,65H,4-6,8-9,11-15,18,21-24,29-30,33,36,38-39,41-64H2,1-3H3/b10-7-,19-16-,20-17-,27-25-,28-26-,32-31-,35-34-,40-37-. The van der Waals surface area contributed by atoms with Crippen molar-refractivity contribution >= 4 is 17.9 Å². The quantitative estimate of drug-likeness (QED) is 0.0261. The van der Waals surface area contributed by atoms with Crippen LogP contribution in [0.25, 0.3) is 0 Å². The largest absolute Gasteiger partial charge is 0.462 e. The van der Waals surface area contributed by atoms with Crippen molar-refractivity contribution in [3.8, 4) is 0 Å². The van der Waals surface area contributed by atoms with Gasteiger partial charge in [-0.1, -0.05) is 272 Å². The normalized spacial score (nSPS) is 12.7. The van der Waals surface area contributed by atoms with Gasteiger partial charge in [-0.25, -0.2) is 0 Å². The molecule has 0 N–H and O–H groups in total. The molecule has 6 heteroatoms. The lowest BCUT2D eigenvalue weighted by Crippen LogP contribution is -2.30. The Morgan fingerprint density at radius 1 is 0.284 bits per heavy atom. The predicted molar refractivity (Wildman–Crippen MR) is 320 cm³/mol. The molecule has 0 aromatic heterocycles. The molecule has 0 aromatic carbocycles. The number of ether oxygens (including phenoxy) is 3. The first-order chi connectivity index (χ1) is 36.5. The van der Waals surface area contributed by atoms with Gasteiger partial charge >= 0.3 is 17.9 Å². The highest BCUT2D eigenvalue weighted by molar-refractivity contribution is 5.71. The van der Waals surface area contributed by atoms with Crippen molar-refractivity contribution in [1.29, 1.82) is 0 Å². The van der Waals surface area contributed by atoms with E-state index in [9.17, 15) is 14.4 Å². The Morgan fingerprint density at radius 2 is 0.527 bits per heavy atom. The zero-order valence-electron chi connectivity index (χ0n) is 48.6. The van der Waals surface area contributed by atoms with Crippen LogP contribution < -0.4 is 0 Å². The Labute approximate surface area is 457 Å². The summed E-state index contributed by atoms with van der Waals surface area (Å²) in [4.78, 5) is 38.3. The molecule has 0 amide bonds. The van der Waals surface area contributed by atoms with Crippen LogP contribution >= 0.6 is 0 Å². The molecule has 0 rings (SSSR count). The van der Waals surface area contributed by atoms with E-state index in [1.54, 1.807) is 0 Å². The van der Waals surface area contributed by atoms with Gasteiger partial charge in [-0.15, -0.1) is 0 Å². The van der Waals surface area contributed by atoms with E-state index in [1.165, 1.54) is 135 Å². The second kappa shape index (κ2) is 61.9. The number of hydrogen-bond donors (Lipinski definition) is 0. The molecule has 1 atom stereocenters. The number of allylic oxidation sites excluding steroid dienone is 16. The molecule has 0 aromatic rings. The van der Waals surface area contributed by atoms with Crippen molar-refractivity contribution in [2.45, 2.75) is 303 Å². The van der Waals surface area contributed by atoms with Crippen LogP contribution in [0.3, 0.4) is 0 Å². The topological polar surface area (TPSA) is 78.9 Å². The fourth-order valence-electron chi connectivity index (χ4n) is 8.65. The summed E-state index contributed by atoms with van der Waals surface area (Å²) in [5.41, 5.74) is 0. The van der Waals surface area contributed by atoms with Gasteiger partial charge in [0.2, 0.25) is 0 Å². The Balaban J connectivity index is 4.34. The first-order valence-electron chi connectivity index (χ1n) is 31.2. The SMILES string of the molecule is CC/C=C\C/C=C\C/C=C\C/C=C\C/C=C\CCCCCCCCCCCC(=O)OCC(COC(=O)CCCCCCCCCCCCCC)OC(=O)CCCCCCCC/C=C\C/C=C\C/C=C\CCCCC. The van der Waals surface area contributed by atoms with Crippen LogP contribution in [-0.4, -0.2) is 37.2 Å². The lowest BCUT2D eigenvalue weighted by atomic mass is 10.0. The fraction of sp³-hybridized carbons (Fsp3) is 0.721. The second-order valence-corrected chi connectivity index (χ2v) is 20.6. The van der Waals surface area contributed by atoms with E-state index in [-0.39, 0.29) is 31.1 Å². The van der Waals surface area contributed by atoms with Crippen LogP contribution in [0.4, 0.5) is 0 Å². The van der Waals surface area contributed by atoms with E-state index >= 15 is 0 Å². The van der Waals surface area contributed by atoms with Gasteiger partial charge in [0.1, 0.15) is 13.2 Å². The maximum atomic E-state index is 12.9. The number of unbranched alkanes of at least 4 members (excludes halogenated alkanes) is 29. The number of hydrogen-bond acceptors (Lipinski definition) is 6. The molecule has 74 heavy (non-hydrogen) atoms. The van der Waals surface area contributed by atoms with E-state index < -0.39 is 6.10 Å². The molecule has 424 valence electrons. The third-order valence-electron chi connectivity index (χ3n) is 13.3. The highest BCUT2D eigenvalue weighted by atomic mass is 16.6. The molecule has 0 bridgehead atoms. The maximum Gasteiger partial charge on any atom is 0.306 e. The fourth-order valence-corrected chi connectivity index (χ4v) is 8.65. The van der Waals surface area contributed by atoms with Crippen molar-refractivity contribution in [1.82, 2.24) is 0 Å². The molecule has 0 aliphatic carbocycles. The van der Waals surface area contributed by atoms with Crippen LogP contribution in [0.5, 0.6) is 0 Å². The Kier molecular flexibility index (Phi) is 58.8. The second-order valence-electron chi connectivity index (χ2n) is 20.6. The first kappa shape index (κ1) is 70.3. The third-order valence-corrected chi connectivity index (χ3v) is 13.3. The molecule has 0 spiro atoms. The molecular formula is C68H116O6. The molecule has 0 radical (unpaired) electrons. The number of carbonyl (C=O) groups is 3. The van der Waals surface area contributed by atoms with Gasteiger partial charge in [-0.3, -0.25) is 14.4 Å². The van der Waals surface area contributed by atoms with Crippen molar-refractivity contribution in [2.75, 3.05) is 13.2 Å². The highest BCUT2D eigenvalue weighted by Gasteiger charge is 2.19. The Hall–Kier alpha value is -3.67. The molecular weight excluding hydrogens is 913 g/mol. The number of esters is 3. The van der Waals surface area contributed by atoms with Crippen molar-refractivity contribution in [2.24, 2.45) is 0 Å². The van der Waals surface area contributed by atoms with E-state index in [2.05, 4.69) is 118 Å². The van der Waals surface area contributed by atoms with Gasteiger partial charge in [0, 0.05) is 19.3 Å². The van der Waals surface area contributed by atoms with Crippen molar-refractivity contribution in [3.63, 3.8) is 0 Å². The summed E-state index contributed by atoms with van der Waals surface area (Å²) in [6.07, 6.45) is 82.6. The third kappa shape index (κ3) is 59.2. The minimum absolute atomic E-state index is 0.0826. The minimum atomic E-state index is -0.787. The van der Waals surface area contributed by atoms with Crippen molar-refractivity contribution in [3.05, 3.63) is 97.2 Å². The van der Waals surface area contributed by atoms with Gasteiger partial charge in [0.05, 0.1) is 0 Å². The summed E-state index contributed by atoms with van der Waals surface area (Å²) in [5, 5.41) is 0. The molecule has 0 aliphatic rings. The van der Waals surface area contributed by atoms with Crippen LogP contribution in [0.15, 0.2) is 97.2 Å². The van der Waals surface area contributed by atoms with Crippen LogP contribution in [-0.2, 0) is 28.6 Å². The predicted octanol–water partition coefficient (Wildman–Crippen LogP) is 21.3. The van der Waals surface area contributed by atoms with Crippen LogP contribution in [0.1, 0.15) is 297 Å². The van der Waals surface area contributed by atoms with Crippen LogP contribution in [0.2, 0.25) is 0 Å². The highest BCUT2D eigenvalue weighted by Crippen LogP contribution is 2.16. The van der Waals surface area contributed by atoms with Crippen molar-refractivity contribution < 1.29 is 28.6 Å². The van der Waals surface area contributed by atoms with E-state index in [0.29, 0.717) is 19.3 Å². The lowest BCUT2D eigenvalue weighted by Gasteiger charge is -2.18. The molecule has 0 saturated heterocycles. The molecule has 0 fully saturated rings. The van der Waals surface area contributed by atoms with E-state index in [0.717, 1.165) is 122 Å². The molecule has 1 unspecified atom stereocenters. The van der Waals surface area contributed by atoms with Gasteiger partial charge in [0.15, 0.2) is 6.10 Å². The van der Waals surface area contributed by atoms with Crippen LogP contribution in [0, 0.1) is 0 Å². The smallest absolute Gasteiger partial charge is 0.306 e. The van der Waals surface area contributed by atoms with E-state index in [1.807, 2.05) is 0 Å². The van der Waals surface area contributed by atoms with Gasteiger partial charge in [0.25, 0.3) is 0 Å². The summed E-state index contributed by atoms with van der Waals surface area (Å²) in [7, 11) is 0. The number of carbonyl (C=O) groups excluding carboxylic acids is 3. The summed E-state index contributed by atoms with van der Waals surface area (Å²) < 4.78 is 16.9. The lowest BCUT2D eigenvalue weighted by molar-refractivity contribution is -0.167. The average Bonchev–Trinajstić information content (AvgIpc) is 3.40. The molecule has 0 saturated carbocycles. The molecule has 6 nitrogen and oxygen atoms in total. The minimum Gasteiger partial charge on any atom is -0.462 e. The van der Waals surface area contributed by atoms with Gasteiger partial charge < -0.3 is 14.2 Å². The average molecular weight is 1030 g/mol. The summed E-state index contributed by atoms with van der Waals surface area (Å²) in [6, 6.07) is 0. The maximum absolute atomic E-state index is 12.9. The monoisotopic (exact) mass is 1030 g/mol. The van der Waals surface area contributed by atoms with Gasteiger partial charge in [-0.05, 0) is 103 Å². The Morgan fingerprint density at radius 3 is 0.851 bits per heavy atom. The Bertz CT molecular complexity index is 1460. The van der Waals surface area contributed by atoms with Gasteiger partial charge in [-0.2, -0.15) is 0 Å². The first-order valence-corrected chi connectivity index (χ1v) is 31.2.